The number of allylic oxidation sites excluding steroid dienone is 3. The number of hydrogen-bond donors (Lipinski definition) is 0. The summed E-state index contributed by atoms with van der Waals surface area (Å²) in [4.78, 5) is 0. The number of rotatable bonds is 1. The number of hydrogen-bond acceptors (Lipinski definition) is 0. The molecule has 0 radical (unpaired) electrons. The van der Waals surface area contributed by atoms with Crippen LogP contribution >= 0.6 is 0 Å². The third-order valence-corrected chi connectivity index (χ3v) is 3.57. The van der Waals surface area contributed by atoms with Gasteiger partial charge in [0, 0.05) is 5.54 Å². The number of halogens is 3. The van der Waals surface area contributed by atoms with Crippen molar-refractivity contribution in [3.8, 4) is 0 Å². The molecule has 0 atom stereocenters. The normalized spacial score (nSPS) is 18.0. The molecule has 0 bridgehead atoms. The van der Waals surface area contributed by atoms with Gasteiger partial charge in [0.05, 0.1) is 14.1 Å². The predicted molar refractivity (Wildman–Crippen MR) is 47.2 cm³/mol. The van der Waals surface area contributed by atoms with Gasteiger partial charge in [0.1, 0.15) is 5.83 Å². The summed E-state index contributed by atoms with van der Waals surface area (Å²) in [7, 11) is -2.12. The Balaban J connectivity index is 3.17. The molecule has 0 amide bonds. The van der Waals surface area contributed by atoms with Crippen LogP contribution in [-0.4, -0.2) is 8.07 Å². The van der Waals surface area contributed by atoms with Gasteiger partial charge in [0.2, 0.25) is 0 Å². The molecular formula is C9H9F3Si. The molecule has 0 nitrogen and oxygen atoms in total. The van der Waals surface area contributed by atoms with Crippen molar-refractivity contribution in [3.05, 3.63) is 34.8 Å². The summed E-state index contributed by atoms with van der Waals surface area (Å²) in [5.74, 6) is -2.96. The highest BCUT2D eigenvalue weighted by Crippen LogP contribution is 2.36. The Labute approximate surface area is 76.5 Å². The average Bonchev–Trinajstić information content (AvgIpc) is 1.78. The zero-order valence-electron chi connectivity index (χ0n) is 7.63. The highest BCUT2D eigenvalue weighted by atomic mass is 28.3. The molecular weight excluding hydrogens is 193 g/mol. The average molecular weight is 202 g/mol. The van der Waals surface area contributed by atoms with Crippen molar-refractivity contribution in [3.63, 3.8) is 0 Å². The van der Waals surface area contributed by atoms with Gasteiger partial charge >= 0.3 is 0 Å². The van der Waals surface area contributed by atoms with Crippen LogP contribution in [0.25, 0.3) is 0 Å². The lowest BCUT2D eigenvalue weighted by Crippen LogP contribution is -2.32. The molecule has 0 N–H and O–H groups in total. The van der Waals surface area contributed by atoms with Crippen molar-refractivity contribution >= 4 is 8.07 Å². The zero-order valence-corrected chi connectivity index (χ0v) is 8.63. The standard InChI is InChI=1S/C9H9F3Si/c1-13(2,3)9-7(11)4-6(10)5-8(9)12/h1-3H3. The highest BCUT2D eigenvalue weighted by molar-refractivity contribution is 6.83. The summed E-state index contributed by atoms with van der Waals surface area (Å²) in [6, 6.07) is 0. The van der Waals surface area contributed by atoms with E-state index in [1.165, 1.54) is 0 Å². The molecule has 0 aromatic rings. The van der Waals surface area contributed by atoms with E-state index in [9.17, 15) is 13.2 Å². The van der Waals surface area contributed by atoms with Crippen LogP contribution in [0, 0.1) is 11.6 Å². The monoisotopic (exact) mass is 202 g/mol. The van der Waals surface area contributed by atoms with Gasteiger partial charge in [-0.05, 0) is 5.73 Å². The first-order valence-corrected chi connectivity index (χ1v) is 7.32. The van der Waals surface area contributed by atoms with Crippen LogP contribution in [0.1, 0.15) is 0 Å². The molecule has 4 heteroatoms. The lowest BCUT2D eigenvalue weighted by molar-refractivity contribution is 0.555. The van der Waals surface area contributed by atoms with E-state index in [4.69, 9.17) is 0 Å². The minimum Gasteiger partial charge on any atom is -0.206 e. The fraction of sp³-hybridized carbons (Fsp3) is 0.333. The summed E-state index contributed by atoms with van der Waals surface area (Å²) in [6.07, 6.45) is 1.79. The minimum atomic E-state index is -2.12. The quantitative estimate of drug-likeness (QED) is 0.347. The second-order valence-electron chi connectivity index (χ2n) is 3.82. The molecule has 70 valence electrons. The molecule has 0 spiro atoms. The van der Waals surface area contributed by atoms with Crippen molar-refractivity contribution < 1.29 is 13.2 Å². The largest absolute Gasteiger partial charge is 0.206 e. The van der Waals surface area contributed by atoms with Crippen LogP contribution in [0.2, 0.25) is 19.6 Å². The maximum atomic E-state index is 13.1. The molecule has 13 heavy (non-hydrogen) atoms. The Morgan fingerprint density at radius 3 is 2.15 bits per heavy atom. The van der Waals surface area contributed by atoms with E-state index in [2.05, 4.69) is 0 Å². The molecule has 0 fully saturated rings. The van der Waals surface area contributed by atoms with Gasteiger partial charge in [-0.3, -0.25) is 0 Å². The lowest BCUT2D eigenvalue weighted by atomic mass is 10.2. The van der Waals surface area contributed by atoms with Gasteiger partial charge in [-0.25, -0.2) is 4.39 Å². The maximum Gasteiger partial charge on any atom is 0.179 e. The van der Waals surface area contributed by atoms with Gasteiger partial charge in [-0.2, -0.15) is 8.78 Å². The smallest absolute Gasteiger partial charge is 0.179 e. The minimum absolute atomic E-state index is 0.0473. The molecule has 0 unspecified atom stereocenters. The Bertz CT molecular complexity index is 316. The topological polar surface area (TPSA) is 0 Å². The van der Waals surface area contributed by atoms with Gasteiger partial charge in [0.25, 0.3) is 0 Å². The van der Waals surface area contributed by atoms with Crippen molar-refractivity contribution in [2.45, 2.75) is 19.6 Å². The van der Waals surface area contributed by atoms with Crippen LogP contribution < -0.4 is 0 Å². The highest BCUT2D eigenvalue weighted by Gasteiger charge is 2.36. The second-order valence-corrected chi connectivity index (χ2v) is 8.82. The third-order valence-electron chi connectivity index (χ3n) is 1.63. The fourth-order valence-corrected chi connectivity index (χ4v) is 2.55. The van der Waals surface area contributed by atoms with Gasteiger partial charge in [0.15, 0.2) is 11.7 Å². The van der Waals surface area contributed by atoms with Crippen LogP contribution in [0.15, 0.2) is 23.2 Å². The third kappa shape index (κ3) is 2.08. The van der Waals surface area contributed by atoms with E-state index in [0.717, 1.165) is 0 Å². The first kappa shape index (κ1) is 10.2. The first-order chi connectivity index (χ1) is 5.82. The summed E-state index contributed by atoms with van der Waals surface area (Å²) in [5.41, 5.74) is 1.74. The lowest BCUT2D eigenvalue weighted by Gasteiger charge is -2.26. The molecule has 0 aliphatic heterocycles. The Morgan fingerprint density at radius 1 is 1.23 bits per heavy atom. The summed E-state index contributed by atoms with van der Waals surface area (Å²) in [6.45, 7) is 5.32. The Hall–Kier alpha value is -0.863. The van der Waals surface area contributed by atoms with Crippen molar-refractivity contribution in [1.82, 2.24) is 0 Å². The first-order valence-electron chi connectivity index (χ1n) is 3.82. The summed E-state index contributed by atoms with van der Waals surface area (Å²) < 4.78 is 38.6. The van der Waals surface area contributed by atoms with Crippen LogP contribution in [0.3, 0.4) is 0 Å². The van der Waals surface area contributed by atoms with Gasteiger partial charge < -0.3 is 0 Å². The van der Waals surface area contributed by atoms with Crippen molar-refractivity contribution in [1.29, 1.82) is 0 Å². The molecule has 0 heterocycles. The van der Waals surface area contributed by atoms with E-state index < -0.39 is 25.6 Å². The summed E-state index contributed by atoms with van der Waals surface area (Å²) in [5, 5.41) is 0. The van der Waals surface area contributed by atoms with Crippen molar-refractivity contribution in [2.24, 2.45) is 0 Å². The molecule has 1 aliphatic carbocycles. The van der Waals surface area contributed by atoms with Crippen LogP contribution in [0.4, 0.5) is 13.2 Å². The van der Waals surface area contributed by atoms with Gasteiger partial charge in [-0.15, -0.1) is 0 Å². The molecule has 0 aromatic carbocycles. The molecule has 0 saturated heterocycles. The predicted octanol–water partition coefficient (Wildman–Crippen LogP) is 3.41. The fourth-order valence-electron chi connectivity index (χ4n) is 1.10. The molecule has 0 aromatic heterocycles. The summed E-state index contributed by atoms with van der Waals surface area (Å²) >= 11 is 0. The van der Waals surface area contributed by atoms with Gasteiger partial charge in [-0.1, -0.05) is 19.6 Å². The SMILES string of the molecule is C[Si](C)(C)[C+]1C(F)=C=C(F)[C-]=C1F. The van der Waals surface area contributed by atoms with Crippen molar-refractivity contribution in [2.75, 3.05) is 0 Å². The Morgan fingerprint density at radius 2 is 1.77 bits per heavy atom. The van der Waals surface area contributed by atoms with Crippen LogP contribution in [0.5, 0.6) is 0 Å². The van der Waals surface area contributed by atoms with E-state index >= 15 is 0 Å². The van der Waals surface area contributed by atoms with E-state index in [1.807, 2.05) is 0 Å². The van der Waals surface area contributed by atoms with E-state index in [0.29, 0.717) is 0 Å². The molecule has 0 saturated carbocycles. The second kappa shape index (κ2) is 3.12. The Kier molecular flexibility index (Phi) is 2.46. The van der Waals surface area contributed by atoms with E-state index in [1.54, 1.807) is 31.4 Å². The molecule has 1 aliphatic rings. The molecule has 1 rings (SSSR count). The zero-order chi connectivity index (χ0) is 10.2. The maximum absolute atomic E-state index is 13.1. The van der Waals surface area contributed by atoms with Crippen LogP contribution in [-0.2, 0) is 0 Å². The van der Waals surface area contributed by atoms with E-state index in [-0.39, 0.29) is 5.54 Å².